The summed E-state index contributed by atoms with van der Waals surface area (Å²) in [6.45, 7) is 6.99. The number of carbonyl (C=O) groups is 1. The van der Waals surface area contributed by atoms with E-state index < -0.39 is 5.97 Å². The van der Waals surface area contributed by atoms with Crippen LogP contribution in [-0.4, -0.2) is 33.5 Å². The average Bonchev–Trinajstić information content (AvgIpc) is 3.00. The Morgan fingerprint density at radius 3 is 2.50 bits per heavy atom. The van der Waals surface area contributed by atoms with Crippen LogP contribution in [0.15, 0.2) is 0 Å². The van der Waals surface area contributed by atoms with Crippen LogP contribution in [0.1, 0.15) is 85.0 Å². The van der Waals surface area contributed by atoms with Crippen molar-refractivity contribution in [1.29, 1.82) is 0 Å². The SMILES string of the molecule is C[C@H](CCC(=O)O)[C@H]1CC[C@H]2[C@H]3CC[C@H]4C[C@H](O)CC[C@]4(C)[C@@H]3C[C@H](O)[C@]12C. The normalized spacial score (nSPS) is 51.7. The molecule has 0 unspecified atom stereocenters. The third-order valence-electron chi connectivity index (χ3n) is 10.3. The highest BCUT2D eigenvalue weighted by molar-refractivity contribution is 5.66. The maximum absolute atomic E-state index is 11.5. The maximum atomic E-state index is 11.5. The molecule has 10 atom stereocenters. The monoisotopic (exact) mass is 392 g/mol. The van der Waals surface area contributed by atoms with Gasteiger partial charge < -0.3 is 15.3 Å². The number of rotatable bonds is 4. The Morgan fingerprint density at radius 2 is 1.79 bits per heavy atom. The van der Waals surface area contributed by atoms with Crippen molar-refractivity contribution >= 4 is 5.97 Å². The van der Waals surface area contributed by atoms with Gasteiger partial charge in [0.25, 0.3) is 0 Å². The van der Waals surface area contributed by atoms with Gasteiger partial charge in [-0.2, -0.15) is 0 Å². The van der Waals surface area contributed by atoms with E-state index in [2.05, 4.69) is 20.8 Å². The van der Waals surface area contributed by atoms with E-state index in [0.717, 1.165) is 38.5 Å². The topological polar surface area (TPSA) is 77.8 Å². The van der Waals surface area contributed by atoms with Crippen LogP contribution in [0.2, 0.25) is 0 Å². The molecule has 4 heteroatoms. The van der Waals surface area contributed by atoms with Gasteiger partial charge in [-0.05, 0) is 104 Å². The van der Waals surface area contributed by atoms with Crippen LogP contribution in [-0.2, 0) is 4.79 Å². The van der Waals surface area contributed by atoms with Crippen molar-refractivity contribution in [3.05, 3.63) is 0 Å². The molecule has 0 bridgehead atoms. The molecule has 0 radical (unpaired) electrons. The van der Waals surface area contributed by atoms with Gasteiger partial charge in [-0.3, -0.25) is 4.79 Å². The van der Waals surface area contributed by atoms with Crippen molar-refractivity contribution in [2.75, 3.05) is 0 Å². The van der Waals surface area contributed by atoms with Gasteiger partial charge in [-0.15, -0.1) is 0 Å². The molecule has 0 spiro atoms. The summed E-state index contributed by atoms with van der Waals surface area (Å²) in [6.07, 6.45) is 9.26. The molecule has 3 N–H and O–H groups in total. The lowest BCUT2D eigenvalue weighted by atomic mass is 9.43. The number of aliphatic hydroxyl groups excluding tert-OH is 2. The molecular weight excluding hydrogens is 352 g/mol. The fourth-order valence-electron chi connectivity index (χ4n) is 8.71. The van der Waals surface area contributed by atoms with Gasteiger partial charge in [0.05, 0.1) is 12.2 Å². The van der Waals surface area contributed by atoms with Crippen molar-refractivity contribution < 1.29 is 20.1 Å². The summed E-state index contributed by atoms with van der Waals surface area (Å²) in [6, 6.07) is 0. The minimum absolute atomic E-state index is 0.0591. The Morgan fingerprint density at radius 1 is 1.04 bits per heavy atom. The van der Waals surface area contributed by atoms with Gasteiger partial charge in [0, 0.05) is 6.42 Å². The maximum Gasteiger partial charge on any atom is 0.303 e. The van der Waals surface area contributed by atoms with Gasteiger partial charge in [0.1, 0.15) is 0 Å². The Hall–Kier alpha value is -0.610. The Balaban J connectivity index is 1.56. The van der Waals surface area contributed by atoms with E-state index in [-0.39, 0.29) is 29.5 Å². The second-order valence-corrected chi connectivity index (χ2v) is 11.3. The second-order valence-electron chi connectivity index (χ2n) is 11.3. The number of hydrogen-bond acceptors (Lipinski definition) is 3. The first-order chi connectivity index (χ1) is 13.2. The lowest BCUT2D eigenvalue weighted by molar-refractivity contribution is -0.175. The quantitative estimate of drug-likeness (QED) is 0.659. The van der Waals surface area contributed by atoms with Crippen molar-refractivity contribution in [3.8, 4) is 0 Å². The van der Waals surface area contributed by atoms with Crippen LogP contribution in [0.5, 0.6) is 0 Å². The van der Waals surface area contributed by atoms with E-state index in [1.165, 1.54) is 19.3 Å². The molecule has 4 fully saturated rings. The van der Waals surface area contributed by atoms with Gasteiger partial charge in [-0.25, -0.2) is 0 Å². The minimum atomic E-state index is -0.707. The summed E-state index contributed by atoms with van der Waals surface area (Å²) >= 11 is 0. The highest BCUT2D eigenvalue weighted by atomic mass is 16.4. The molecule has 4 aliphatic carbocycles. The van der Waals surface area contributed by atoms with Crippen molar-refractivity contribution in [2.45, 2.75) is 97.2 Å². The van der Waals surface area contributed by atoms with Crippen molar-refractivity contribution in [3.63, 3.8) is 0 Å². The standard InChI is InChI=1S/C24H40O4/c1-14(4-9-22(27)28)18-7-8-19-17-6-5-15-12-16(25)10-11-23(15,2)20(17)13-21(26)24(18,19)3/h14-21,25-26H,4-13H2,1-3H3,(H,27,28)/t14-,15+,16-,17-,18-,19+,20-,21+,23+,24-/m1/s1. The predicted octanol–water partition coefficient (Wildman–Crippen LogP) is 4.48. The van der Waals surface area contributed by atoms with Crippen molar-refractivity contribution in [2.24, 2.45) is 46.3 Å². The summed E-state index contributed by atoms with van der Waals surface area (Å²) < 4.78 is 0. The van der Waals surface area contributed by atoms with Crippen LogP contribution in [0.25, 0.3) is 0 Å². The summed E-state index contributed by atoms with van der Waals surface area (Å²) in [7, 11) is 0. The zero-order valence-corrected chi connectivity index (χ0v) is 17.9. The number of fused-ring (bicyclic) bond motifs is 5. The number of hydrogen-bond donors (Lipinski definition) is 3. The Labute approximate surface area is 170 Å². The molecule has 0 amide bonds. The first-order valence-corrected chi connectivity index (χ1v) is 11.8. The third-order valence-corrected chi connectivity index (χ3v) is 10.3. The van der Waals surface area contributed by atoms with E-state index in [4.69, 9.17) is 5.11 Å². The predicted molar refractivity (Wildman–Crippen MR) is 109 cm³/mol. The van der Waals surface area contributed by atoms with Gasteiger partial charge in [0.2, 0.25) is 0 Å². The Bertz CT molecular complexity index is 605. The lowest BCUT2D eigenvalue weighted by Crippen LogP contribution is -2.58. The van der Waals surface area contributed by atoms with Crippen molar-refractivity contribution in [1.82, 2.24) is 0 Å². The molecular formula is C24H40O4. The fraction of sp³-hybridized carbons (Fsp3) is 0.958. The molecule has 0 saturated heterocycles. The smallest absolute Gasteiger partial charge is 0.303 e. The van der Waals surface area contributed by atoms with Crippen LogP contribution >= 0.6 is 0 Å². The van der Waals surface area contributed by atoms with Crippen LogP contribution < -0.4 is 0 Å². The largest absolute Gasteiger partial charge is 0.481 e. The summed E-state index contributed by atoms with van der Waals surface area (Å²) in [5, 5.41) is 30.8. The molecule has 28 heavy (non-hydrogen) atoms. The lowest BCUT2D eigenvalue weighted by Gasteiger charge is -2.62. The molecule has 160 valence electrons. The molecule has 4 rings (SSSR count). The zero-order valence-electron chi connectivity index (χ0n) is 17.9. The summed E-state index contributed by atoms with van der Waals surface area (Å²) in [4.78, 5) is 11.1. The molecule has 0 aromatic heterocycles. The number of carboxylic acids is 1. The second kappa shape index (κ2) is 7.27. The van der Waals surface area contributed by atoms with Gasteiger partial charge >= 0.3 is 5.97 Å². The first kappa shape index (κ1) is 20.7. The van der Waals surface area contributed by atoms with Crippen LogP contribution in [0.3, 0.4) is 0 Å². The highest BCUT2D eigenvalue weighted by Gasteiger charge is 2.63. The van der Waals surface area contributed by atoms with Crippen LogP contribution in [0, 0.1) is 46.3 Å². The highest BCUT2D eigenvalue weighted by Crippen LogP contribution is 2.68. The molecule has 4 nitrogen and oxygen atoms in total. The fourth-order valence-corrected chi connectivity index (χ4v) is 8.71. The van der Waals surface area contributed by atoms with E-state index >= 15 is 0 Å². The van der Waals surface area contributed by atoms with E-state index in [0.29, 0.717) is 35.5 Å². The molecule has 0 aliphatic heterocycles. The average molecular weight is 393 g/mol. The molecule has 4 saturated carbocycles. The number of carboxylic acid groups (broad SMARTS) is 1. The van der Waals surface area contributed by atoms with E-state index in [1.807, 2.05) is 0 Å². The minimum Gasteiger partial charge on any atom is -0.481 e. The molecule has 4 aliphatic rings. The van der Waals surface area contributed by atoms with E-state index in [9.17, 15) is 15.0 Å². The molecule has 0 heterocycles. The third kappa shape index (κ3) is 3.05. The zero-order chi connectivity index (χ0) is 20.3. The van der Waals surface area contributed by atoms with E-state index in [1.54, 1.807) is 0 Å². The number of aliphatic hydroxyl groups is 2. The number of aliphatic carboxylic acids is 1. The first-order valence-electron chi connectivity index (χ1n) is 11.8. The summed E-state index contributed by atoms with van der Waals surface area (Å²) in [5.74, 6) is 2.55. The molecule has 0 aromatic carbocycles. The molecule has 0 aromatic rings. The van der Waals surface area contributed by atoms with Gasteiger partial charge in [0.15, 0.2) is 0 Å². The Kier molecular flexibility index (Phi) is 5.36. The van der Waals surface area contributed by atoms with Crippen LogP contribution in [0.4, 0.5) is 0 Å². The summed E-state index contributed by atoms with van der Waals surface area (Å²) in [5.41, 5.74) is 0.216. The van der Waals surface area contributed by atoms with Gasteiger partial charge in [-0.1, -0.05) is 20.8 Å².